The van der Waals surface area contributed by atoms with Crippen molar-refractivity contribution in [1.29, 1.82) is 0 Å². The summed E-state index contributed by atoms with van der Waals surface area (Å²) in [6.07, 6.45) is -0.0251. The summed E-state index contributed by atoms with van der Waals surface area (Å²) < 4.78 is 31.5. The maximum atomic E-state index is 12.7. The Bertz CT molecular complexity index is 852. The van der Waals surface area contributed by atoms with E-state index < -0.39 is 22.0 Å². The smallest absolute Gasteiger partial charge is 0.322 e. The van der Waals surface area contributed by atoms with Crippen LogP contribution in [-0.2, 0) is 21.2 Å². The van der Waals surface area contributed by atoms with Gasteiger partial charge in [-0.25, -0.2) is 8.42 Å². The number of methoxy groups -OCH3 is 1. The highest BCUT2D eigenvalue weighted by Gasteiger charge is 2.33. The van der Waals surface area contributed by atoms with Crippen molar-refractivity contribution in [2.75, 3.05) is 14.2 Å². The quantitative estimate of drug-likeness (QED) is 0.794. The molecule has 0 saturated heterocycles. The number of rotatable bonds is 7. The predicted octanol–water partition coefficient (Wildman–Crippen LogP) is 2.67. The van der Waals surface area contributed by atoms with Crippen LogP contribution >= 0.6 is 11.6 Å². The lowest BCUT2D eigenvalue weighted by molar-refractivity contribution is -0.141. The second-order valence-electron chi connectivity index (χ2n) is 5.35. The van der Waals surface area contributed by atoms with Crippen molar-refractivity contribution in [2.45, 2.75) is 17.4 Å². The molecule has 134 valence electrons. The maximum absolute atomic E-state index is 12.7. The molecule has 0 heterocycles. The summed E-state index contributed by atoms with van der Waals surface area (Å²) in [5, 5.41) is 9.95. The number of ether oxygens (including phenoxy) is 1. The summed E-state index contributed by atoms with van der Waals surface area (Å²) in [6, 6.07) is 11.2. The van der Waals surface area contributed by atoms with Crippen molar-refractivity contribution in [3.63, 3.8) is 0 Å². The highest BCUT2D eigenvalue weighted by Crippen LogP contribution is 2.24. The van der Waals surface area contributed by atoms with E-state index in [1.807, 2.05) is 0 Å². The highest BCUT2D eigenvalue weighted by atomic mass is 35.5. The van der Waals surface area contributed by atoms with Gasteiger partial charge in [0.1, 0.15) is 11.8 Å². The van der Waals surface area contributed by atoms with Crippen LogP contribution in [0.3, 0.4) is 0 Å². The molecule has 0 radical (unpaired) electrons. The second-order valence-corrected chi connectivity index (χ2v) is 7.78. The van der Waals surface area contributed by atoms with Crippen molar-refractivity contribution >= 4 is 27.6 Å². The molecule has 0 spiro atoms. The van der Waals surface area contributed by atoms with Gasteiger partial charge in [0.15, 0.2) is 0 Å². The lowest BCUT2D eigenvalue weighted by Gasteiger charge is -2.25. The van der Waals surface area contributed by atoms with E-state index in [0.29, 0.717) is 16.3 Å². The number of aliphatic carboxylic acids is 1. The SMILES string of the molecule is COc1ccccc1CC(C(=O)O)N(C)S(=O)(=O)c1ccc(Cl)cc1. The van der Waals surface area contributed by atoms with Crippen LogP contribution in [0.1, 0.15) is 5.56 Å². The molecular formula is C17H18ClNO5S. The van der Waals surface area contributed by atoms with Gasteiger partial charge in [-0.15, -0.1) is 0 Å². The zero-order valence-corrected chi connectivity index (χ0v) is 15.3. The molecule has 0 aliphatic rings. The van der Waals surface area contributed by atoms with E-state index in [0.717, 1.165) is 4.31 Å². The lowest BCUT2D eigenvalue weighted by atomic mass is 10.1. The Morgan fingerprint density at radius 2 is 1.80 bits per heavy atom. The average molecular weight is 384 g/mol. The lowest BCUT2D eigenvalue weighted by Crippen LogP contribution is -2.43. The zero-order chi connectivity index (χ0) is 18.6. The van der Waals surface area contributed by atoms with E-state index in [1.165, 1.54) is 38.4 Å². The third-order valence-electron chi connectivity index (χ3n) is 3.82. The van der Waals surface area contributed by atoms with Gasteiger partial charge in [-0.3, -0.25) is 4.79 Å². The Hall–Kier alpha value is -2.09. The van der Waals surface area contributed by atoms with Crippen molar-refractivity contribution in [2.24, 2.45) is 0 Å². The molecule has 25 heavy (non-hydrogen) atoms. The summed E-state index contributed by atoms with van der Waals surface area (Å²) in [5.41, 5.74) is 0.607. The number of halogens is 1. The fraction of sp³-hybridized carbons (Fsp3) is 0.235. The number of benzene rings is 2. The van der Waals surface area contributed by atoms with Crippen LogP contribution in [0.5, 0.6) is 5.75 Å². The van der Waals surface area contributed by atoms with E-state index in [9.17, 15) is 18.3 Å². The van der Waals surface area contributed by atoms with Crippen molar-refractivity contribution < 1.29 is 23.1 Å². The van der Waals surface area contributed by atoms with Crippen LogP contribution in [0.25, 0.3) is 0 Å². The monoisotopic (exact) mass is 383 g/mol. The number of hydrogen-bond acceptors (Lipinski definition) is 4. The number of hydrogen-bond donors (Lipinski definition) is 1. The summed E-state index contributed by atoms with van der Waals surface area (Å²) in [6.45, 7) is 0. The number of para-hydroxylation sites is 1. The van der Waals surface area contributed by atoms with Gasteiger partial charge in [0.2, 0.25) is 10.0 Å². The molecule has 8 heteroatoms. The normalized spacial score (nSPS) is 12.8. The Labute approximate surface area is 151 Å². The van der Waals surface area contributed by atoms with E-state index in [1.54, 1.807) is 24.3 Å². The molecule has 0 aliphatic heterocycles. The molecule has 0 amide bonds. The first-order chi connectivity index (χ1) is 11.8. The van der Waals surface area contributed by atoms with Crippen LogP contribution in [0.15, 0.2) is 53.4 Å². The van der Waals surface area contributed by atoms with Crippen LogP contribution in [-0.4, -0.2) is 44.0 Å². The minimum atomic E-state index is -3.99. The van der Waals surface area contributed by atoms with Gasteiger partial charge in [0.05, 0.1) is 12.0 Å². The summed E-state index contributed by atoms with van der Waals surface area (Å²) >= 11 is 5.78. The molecule has 2 aromatic carbocycles. The summed E-state index contributed by atoms with van der Waals surface area (Å²) in [7, 11) is -1.26. The molecule has 0 aliphatic carbocycles. The second kappa shape index (κ2) is 7.86. The number of carbonyl (C=O) groups is 1. The molecule has 1 atom stereocenters. The van der Waals surface area contributed by atoms with E-state index >= 15 is 0 Å². The number of carboxylic acids is 1. The Morgan fingerprint density at radius 3 is 2.36 bits per heavy atom. The molecule has 1 unspecified atom stereocenters. The number of likely N-dealkylation sites (N-methyl/N-ethyl adjacent to an activating group) is 1. The third-order valence-corrected chi connectivity index (χ3v) is 5.95. The van der Waals surface area contributed by atoms with E-state index in [2.05, 4.69) is 0 Å². The van der Waals surface area contributed by atoms with E-state index in [-0.39, 0.29) is 11.3 Å². The predicted molar refractivity (Wildman–Crippen MR) is 94.5 cm³/mol. The maximum Gasteiger partial charge on any atom is 0.322 e. The molecule has 2 rings (SSSR count). The highest BCUT2D eigenvalue weighted by molar-refractivity contribution is 7.89. The standard InChI is InChI=1S/C17H18ClNO5S/c1-19(25(22,23)14-9-7-13(18)8-10-14)15(17(20)21)11-12-5-3-4-6-16(12)24-2/h3-10,15H,11H2,1-2H3,(H,20,21). The largest absolute Gasteiger partial charge is 0.496 e. The van der Waals surface area contributed by atoms with Crippen molar-refractivity contribution in [3.8, 4) is 5.75 Å². The number of carboxylic acid groups (broad SMARTS) is 1. The first-order valence-corrected chi connectivity index (χ1v) is 9.17. The molecule has 1 N–H and O–H groups in total. The van der Waals surface area contributed by atoms with Gasteiger partial charge < -0.3 is 9.84 Å². The first-order valence-electron chi connectivity index (χ1n) is 7.35. The zero-order valence-electron chi connectivity index (χ0n) is 13.7. The van der Waals surface area contributed by atoms with Crippen LogP contribution < -0.4 is 4.74 Å². The molecule has 0 bridgehead atoms. The van der Waals surface area contributed by atoms with Crippen LogP contribution in [0.4, 0.5) is 0 Å². The molecular weight excluding hydrogens is 366 g/mol. The van der Waals surface area contributed by atoms with Gasteiger partial charge in [-0.2, -0.15) is 4.31 Å². The fourth-order valence-corrected chi connectivity index (χ4v) is 3.83. The van der Waals surface area contributed by atoms with E-state index in [4.69, 9.17) is 16.3 Å². The molecule has 0 aromatic heterocycles. The minimum absolute atomic E-state index is 0.0225. The third kappa shape index (κ3) is 4.31. The van der Waals surface area contributed by atoms with Gasteiger partial charge >= 0.3 is 5.97 Å². The average Bonchev–Trinajstić information content (AvgIpc) is 2.59. The molecule has 2 aromatic rings. The Kier molecular flexibility index (Phi) is 6.05. The molecule has 0 saturated carbocycles. The van der Waals surface area contributed by atoms with Gasteiger partial charge in [-0.1, -0.05) is 29.8 Å². The van der Waals surface area contributed by atoms with Crippen molar-refractivity contribution in [3.05, 3.63) is 59.1 Å². The van der Waals surface area contributed by atoms with Crippen LogP contribution in [0, 0.1) is 0 Å². The number of nitrogens with zero attached hydrogens (tertiary/aromatic N) is 1. The summed E-state index contributed by atoms with van der Waals surface area (Å²) in [5.74, 6) is -0.739. The first kappa shape index (κ1) is 19.2. The minimum Gasteiger partial charge on any atom is -0.496 e. The van der Waals surface area contributed by atoms with Gasteiger partial charge in [0.25, 0.3) is 0 Å². The molecule has 0 fully saturated rings. The topological polar surface area (TPSA) is 83.9 Å². The van der Waals surface area contributed by atoms with Crippen LogP contribution in [0.2, 0.25) is 5.02 Å². The number of sulfonamides is 1. The fourth-order valence-electron chi connectivity index (χ4n) is 2.39. The van der Waals surface area contributed by atoms with Crippen molar-refractivity contribution in [1.82, 2.24) is 4.31 Å². The molecule has 6 nitrogen and oxygen atoms in total. The summed E-state index contributed by atoms with van der Waals surface area (Å²) in [4.78, 5) is 11.7. The Balaban J connectivity index is 2.36. The van der Waals surface area contributed by atoms with Gasteiger partial charge in [0, 0.05) is 18.5 Å². The van der Waals surface area contributed by atoms with Gasteiger partial charge in [-0.05, 0) is 35.9 Å². The Morgan fingerprint density at radius 1 is 1.20 bits per heavy atom.